The number of benzene rings is 9. The molecule has 1 aliphatic heterocycles. The van der Waals surface area contributed by atoms with Gasteiger partial charge >= 0.3 is 0 Å². The molecule has 270 valence electrons. The van der Waals surface area contributed by atoms with Gasteiger partial charge in [-0.3, -0.25) is 0 Å². The molecule has 0 amide bonds. The first-order valence-electron chi connectivity index (χ1n) is 20.0. The zero-order valence-corrected chi connectivity index (χ0v) is 32.2. The summed E-state index contributed by atoms with van der Waals surface area (Å²) in [6.45, 7) is 0. The first kappa shape index (κ1) is 31.9. The molecular weight excluding hydrogens is 721 g/mol. The molecule has 11 aromatic rings. The molecule has 0 saturated carbocycles. The molecule has 0 atom stereocenters. The molecule has 3 heteroatoms. The lowest BCUT2D eigenvalue weighted by atomic mass is 9.65. The topological polar surface area (TPSA) is 8.17 Å². The molecule has 3 heterocycles. The van der Waals surface area contributed by atoms with Crippen molar-refractivity contribution in [1.29, 1.82) is 0 Å². The Balaban J connectivity index is 1.13. The van der Waals surface area contributed by atoms with Crippen molar-refractivity contribution in [3.8, 4) is 27.9 Å². The molecule has 58 heavy (non-hydrogen) atoms. The quantitative estimate of drug-likeness (QED) is 0.174. The van der Waals surface area contributed by atoms with Crippen molar-refractivity contribution in [2.24, 2.45) is 0 Å². The van der Waals surface area contributed by atoms with E-state index in [9.17, 15) is 0 Å². The molecule has 1 spiro atoms. The summed E-state index contributed by atoms with van der Waals surface area (Å²) in [5.74, 6) is 0. The second-order valence-corrected chi connectivity index (χ2v) is 16.7. The van der Waals surface area contributed by atoms with Crippen LogP contribution in [0.5, 0.6) is 0 Å². The van der Waals surface area contributed by atoms with Gasteiger partial charge in [0.05, 0.1) is 27.8 Å². The Labute approximate surface area is 340 Å². The van der Waals surface area contributed by atoms with Crippen LogP contribution < -0.4 is 4.90 Å². The minimum atomic E-state index is -0.494. The van der Waals surface area contributed by atoms with Gasteiger partial charge in [-0.15, -0.1) is 11.3 Å². The number of nitrogens with zero attached hydrogens (tertiary/aromatic N) is 2. The zero-order chi connectivity index (χ0) is 38.0. The van der Waals surface area contributed by atoms with Crippen molar-refractivity contribution in [3.05, 3.63) is 229 Å². The molecule has 0 radical (unpaired) electrons. The first-order chi connectivity index (χ1) is 28.8. The predicted molar refractivity (Wildman–Crippen MR) is 245 cm³/mol. The normalized spacial score (nSPS) is 13.3. The fourth-order valence-corrected chi connectivity index (χ4v) is 11.7. The summed E-state index contributed by atoms with van der Waals surface area (Å²) in [4.78, 5) is 2.45. The van der Waals surface area contributed by atoms with E-state index in [2.05, 4.69) is 216 Å². The van der Waals surface area contributed by atoms with Gasteiger partial charge in [0.2, 0.25) is 0 Å². The van der Waals surface area contributed by atoms with E-state index in [0.29, 0.717) is 0 Å². The number of hydrogen-bond acceptors (Lipinski definition) is 2. The number of rotatable bonds is 4. The van der Waals surface area contributed by atoms with Crippen molar-refractivity contribution in [3.63, 3.8) is 0 Å². The number of thiophene rings is 1. The third-order valence-corrected chi connectivity index (χ3v) is 13.9. The number of para-hydroxylation sites is 4. The van der Waals surface area contributed by atoms with Crippen molar-refractivity contribution in [2.75, 3.05) is 4.90 Å². The smallest absolute Gasteiger partial charge is 0.0754 e. The zero-order valence-electron chi connectivity index (χ0n) is 31.4. The molecule has 0 fully saturated rings. The van der Waals surface area contributed by atoms with Gasteiger partial charge < -0.3 is 9.47 Å². The van der Waals surface area contributed by atoms with Crippen molar-refractivity contribution < 1.29 is 0 Å². The molecule has 2 nitrogen and oxygen atoms in total. The van der Waals surface area contributed by atoms with E-state index in [-0.39, 0.29) is 0 Å². The number of hydrogen-bond donors (Lipinski definition) is 0. The average molecular weight is 755 g/mol. The van der Waals surface area contributed by atoms with Crippen LogP contribution in [0.15, 0.2) is 206 Å². The third kappa shape index (κ3) is 4.11. The van der Waals surface area contributed by atoms with Crippen LogP contribution in [0.3, 0.4) is 0 Å². The Hall–Kier alpha value is -7.20. The molecular formula is C55H34N2S. The summed E-state index contributed by atoms with van der Waals surface area (Å²) in [5.41, 5.74) is 17.0. The van der Waals surface area contributed by atoms with Gasteiger partial charge in [-0.25, -0.2) is 0 Å². The van der Waals surface area contributed by atoms with E-state index in [1.54, 1.807) is 0 Å². The minimum absolute atomic E-state index is 0.494. The highest BCUT2D eigenvalue weighted by atomic mass is 32.1. The summed E-state index contributed by atoms with van der Waals surface area (Å²) < 4.78 is 5.17. The highest BCUT2D eigenvalue weighted by molar-refractivity contribution is 7.26. The van der Waals surface area contributed by atoms with Crippen LogP contribution in [0, 0.1) is 0 Å². The van der Waals surface area contributed by atoms with E-state index in [0.717, 1.165) is 11.4 Å². The summed E-state index contributed by atoms with van der Waals surface area (Å²) in [6.07, 6.45) is 0. The second kappa shape index (κ2) is 11.9. The maximum Gasteiger partial charge on any atom is 0.0754 e. The van der Waals surface area contributed by atoms with Crippen LogP contribution in [0.1, 0.15) is 22.3 Å². The van der Waals surface area contributed by atoms with Gasteiger partial charge in [0.25, 0.3) is 0 Å². The Morgan fingerprint density at radius 2 is 1.00 bits per heavy atom. The molecule has 2 aromatic heterocycles. The van der Waals surface area contributed by atoms with Gasteiger partial charge in [-0.1, -0.05) is 158 Å². The Morgan fingerprint density at radius 3 is 1.84 bits per heavy atom. The molecule has 2 aliphatic rings. The van der Waals surface area contributed by atoms with Gasteiger partial charge in [-0.2, -0.15) is 0 Å². The fraction of sp³-hybridized carbons (Fsp3) is 0.0182. The van der Waals surface area contributed by atoms with Gasteiger partial charge in [-0.05, 0) is 87.5 Å². The molecule has 0 bridgehead atoms. The van der Waals surface area contributed by atoms with Gasteiger partial charge in [0, 0.05) is 47.9 Å². The summed E-state index contributed by atoms with van der Waals surface area (Å²) in [5, 5.41) is 5.14. The number of anilines is 3. The minimum Gasteiger partial charge on any atom is -0.310 e. The number of aromatic nitrogens is 1. The summed E-state index contributed by atoms with van der Waals surface area (Å²) >= 11 is 1.86. The van der Waals surface area contributed by atoms with Crippen molar-refractivity contribution in [2.45, 2.75) is 5.41 Å². The maximum atomic E-state index is 2.58. The lowest BCUT2D eigenvalue weighted by Gasteiger charge is -2.40. The van der Waals surface area contributed by atoms with Crippen LogP contribution in [0.2, 0.25) is 0 Å². The van der Waals surface area contributed by atoms with Crippen LogP contribution >= 0.6 is 11.3 Å². The monoisotopic (exact) mass is 754 g/mol. The summed E-state index contributed by atoms with van der Waals surface area (Å²) in [6, 6.07) is 76.8. The highest BCUT2D eigenvalue weighted by Crippen LogP contribution is 2.62. The lowest BCUT2D eigenvalue weighted by molar-refractivity contribution is 0.749. The predicted octanol–water partition coefficient (Wildman–Crippen LogP) is 15.0. The van der Waals surface area contributed by atoms with Crippen molar-refractivity contribution in [1.82, 2.24) is 4.57 Å². The van der Waals surface area contributed by atoms with Crippen molar-refractivity contribution >= 4 is 70.4 Å². The first-order valence-corrected chi connectivity index (χ1v) is 20.8. The van der Waals surface area contributed by atoms with E-state index < -0.39 is 5.41 Å². The van der Waals surface area contributed by atoms with Crippen LogP contribution in [0.25, 0.3) is 69.9 Å². The Morgan fingerprint density at radius 1 is 0.414 bits per heavy atom. The van der Waals surface area contributed by atoms with E-state index in [1.807, 2.05) is 11.3 Å². The van der Waals surface area contributed by atoms with Gasteiger partial charge in [0.1, 0.15) is 0 Å². The molecule has 13 rings (SSSR count). The molecule has 0 unspecified atom stereocenters. The van der Waals surface area contributed by atoms with Crippen LogP contribution in [0.4, 0.5) is 17.1 Å². The molecule has 1 aliphatic carbocycles. The van der Waals surface area contributed by atoms with E-state index >= 15 is 0 Å². The van der Waals surface area contributed by atoms with Crippen LogP contribution in [-0.4, -0.2) is 4.57 Å². The third-order valence-electron chi connectivity index (χ3n) is 12.8. The number of fused-ring (bicyclic) bond motifs is 15. The lowest BCUT2D eigenvalue weighted by Crippen LogP contribution is -2.33. The second-order valence-electron chi connectivity index (χ2n) is 15.6. The Bertz CT molecular complexity index is 3430. The highest BCUT2D eigenvalue weighted by Gasteiger charge is 2.51. The van der Waals surface area contributed by atoms with E-state index in [4.69, 9.17) is 0 Å². The molecule has 9 aromatic carbocycles. The molecule has 0 N–H and O–H groups in total. The molecule has 0 saturated heterocycles. The fourth-order valence-electron chi connectivity index (χ4n) is 10.6. The van der Waals surface area contributed by atoms with Crippen LogP contribution in [-0.2, 0) is 5.41 Å². The Kier molecular flexibility index (Phi) is 6.56. The summed E-state index contributed by atoms with van der Waals surface area (Å²) in [7, 11) is 0. The SMILES string of the molecule is c1ccc(N(c2cccc(-c3cccc4c3-n3c5ccccc5c5cccc(c53)C43c4ccccc4-c4ccccc43)c2)c2cccc3sc4ccccc4c23)cc1. The maximum absolute atomic E-state index is 2.58. The van der Waals surface area contributed by atoms with Gasteiger partial charge in [0.15, 0.2) is 0 Å². The average Bonchev–Trinajstić information content (AvgIpc) is 3.94. The largest absolute Gasteiger partial charge is 0.310 e. The van der Waals surface area contributed by atoms with E-state index in [1.165, 1.54) is 97.9 Å². The standard InChI is InChI=1S/C55H34N2S/c1-2-17-36(18-3-1)56(49-31-15-33-51-52(49)43-23-7-11-32-50(43)58-51)37-19-12-16-35(34-37)38-24-13-28-46-53(38)57-48-30-10-6-22-41(48)42-25-14-29-47(54(42)57)55(46)44-26-8-4-20-39(44)40-21-5-9-27-45(40)55/h1-34H.